The van der Waals surface area contributed by atoms with Gasteiger partial charge in [-0.15, -0.1) is 0 Å². The van der Waals surface area contributed by atoms with Gasteiger partial charge in [0, 0.05) is 16.8 Å². The number of ether oxygens (including phenoxy) is 4. The number of carbonyl (C=O) groups excluding carboxylic acids is 4. The number of benzene rings is 5. The molecule has 2 heterocycles. The van der Waals surface area contributed by atoms with E-state index in [2.05, 4.69) is 23.3 Å². The first-order valence-corrected chi connectivity index (χ1v) is 14.5. The minimum atomic E-state index is -0.678. The van der Waals surface area contributed by atoms with E-state index in [0.29, 0.717) is 34.4 Å². The van der Waals surface area contributed by atoms with Gasteiger partial charge in [-0.25, -0.2) is 19.2 Å². The molecule has 0 saturated carbocycles. The smallest absolute Gasteiger partial charge is 0.347 e. The highest BCUT2D eigenvalue weighted by molar-refractivity contribution is 6.15. The Morgan fingerprint density at radius 1 is 0.468 bits per heavy atom. The van der Waals surface area contributed by atoms with Gasteiger partial charge in [0.05, 0.1) is 22.3 Å². The van der Waals surface area contributed by atoms with Crippen molar-refractivity contribution in [2.75, 3.05) is 11.5 Å². The molecule has 0 atom stereocenters. The fraction of sp³-hybridized carbons (Fsp3) is 0.0811. The quantitative estimate of drug-likeness (QED) is 0.113. The molecule has 234 valence electrons. The second kappa shape index (κ2) is 12.2. The molecule has 0 unspecified atom stereocenters. The Hall–Kier alpha value is -6.42. The van der Waals surface area contributed by atoms with Crippen molar-refractivity contribution in [3.05, 3.63) is 143 Å². The van der Waals surface area contributed by atoms with Crippen molar-refractivity contribution in [1.82, 2.24) is 0 Å². The van der Waals surface area contributed by atoms with Crippen LogP contribution in [0.15, 0.2) is 109 Å². The third-order valence-corrected chi connectivity index (χ3v) is 7.77. The van der Waals surface area contributed by atoms with E-state index >= 15 is 0 Å². The van der Waals surface area contributed by atoms with Gasteiger partial charge in [-0.05, 0) is 90.0 Å². The molecule has 0 aliphatic carbocycles. The first-order chi connectivity index (χ1) is 22.5. The van der Waals surface area contributed by atoms with Gasteiger partial charge in [0.15, 0.2) is 0 Å². The van der Waals surface area contributed by atoms with Crippen LogP contribution in [0.2, 0.25) is 0 Å². The summed E-state index contributed by atoms with van der Waals surface area (Å²) >= 11 is 0. The standard InChI is InChI=1S/C31H20O8.C6H8N2/c1-31(2,17-3-7-19(8-4-17)36-21-11-13-23-25(15-21)29(34)38-27(23)32)18-5-9-20(10-6-18)37-22-12-14-24-26(16-22)30(35)39-28(24)33;7-5-2-1-3-6(8)4-5/h3-16H,1-2H3;1-4H,7-8H2. The number of esters is 4. The molecule has 2 aliphatic heterocycles. The highest BCUT2D eigenvalue weighted by atomic mass is 16.6. The fourth-order valence-corrected chi connectivity index (χ4v) is 5.13. The number of nitrogens with two attached hydrogens (primary N) is 2. The lowest BCUT2D eigenvalue weighted by Crippen LogP contribution is -2.18. The molecule has 0 radical (unpaired) electrons. The van der Waals surface area contributed by atoms with Crippen molar-refractivity contribution < 1.29 is 38.1 Å². The third-order valence-electron chi connectivity index (χ3n) is 7.77. The second-order valence-electron chi connectivity index (χ2n) is 11.3. The van der Waals surface area contributed by atoms with E-state index in [4.69, 9.17) is 20.9 Å². The van der Waals surface area contributed by atoms with E-state index in [1.807, 2.05) is 54.6 Å². The van der Waals surface area contributed by atoms with Gasteiger partial charge in [0.2, 0.25) is 0 Å². The number of rotatable bonds is 6. The van der Waals surface area contributed by atoms with Crippen molar-refractivity contribution in [3.63, 3.8) is 0 Å². The third kappa shape index (κ3) is 6.38. The van der Waals surface area contributed by atoms with E-state index in [1.54, 1.807) is 30.3 Å². The van der Waals surface area contributed by atoms with Gasteiger partial charge in [-0.2, -0.15) is 0 Å². The lowest BCUT2D eigenvalue weighted by atomic mass is 9.78. The summed E-state index contributed by atoms with van der Waals surface area (Å²) in [5.74, 6) is -0.651. The van der Waals surface area contributed by atoms with Crippen LogP contribution >= 0.6 is 0 Å². The molecule has 0 amide bonds. The van der Waals surface area contributed by atoms with Crippen molar-refractivity contribution in [2.24, 2.45) is 0 Å². The topological polar surface area (TPSA) is 157 Å². The van der Waals surface area contributed by atoms with Crippen LogP contribution in [0.3, 0.4) is 0 Å². The van der Waals surface area contributed by atoms with Gasteiger partial charge >= 0.3 is 23.9 Å². The lowest BCUT2D eigenvalue weighted by molar-refractivity contribution is 0.0425. The minimum absolute atomic E-state index is 0.191. The van der Waals surface area contributed by atoms with E-state index in [1.165, 1.54) is 24.3 Å². The maximum absolute atomic E-state index is 11.8. The molecular weight excluding hydrogens is 600 g/mol. The molecule has 47 heavy (non-hydrogen) atoms. The van der Waals surface area contributed by atoms with Crippen LogP contribution in [0.5, 0.6) is 23.0 Å². The average molecular weight is 629 g/mol. The molecule has 0 spiro atoms. The Labute approximate surface area is 269 Å². The predicted molar refractivity (Wildman–Crippen MR) is 173 cm³/mol. The van der Waals surface area contributed by atoms with Gasteiger partial charge in [0.25, 0.3) is 0 Å². The molecule has 0 aromatic heterocycles. The summed E-state index contributed by atoms with van der Waals surface area (Å²) in [6.45, 7) is 4.20. The zero-order chi connectivity index (χ0) is 33.3. The van der Waals surface area contributed by atoms with E-state index < -0.39 is 23.9 Å². The van der Waals surface area contributed by atoms with E-state index in [0.717, 1.165) is 11.1 Å². The summed E-state index contributed by atoms with van der Waals surface area (Å²) in [5.41, 5.74) is 14.8. The molecule has 5 aromatic carbocycles. The molecule has 10 heteroatoms. The highest BCUT2D eigenvalue weighted by Crippen LogP contribution is 2.36. The summed E-state index contributed by atoms with van der Waals surface area (Å²) in [7, 11) is 0. The molecule has 5 aromatic rings. The van der Waals surface area contributed by atoms with Crippen molar-refractivity contribution in [2.45, 2.75) is 19.3 Å². The van der Waals surface area contributed by atoms with Gasteiger partial charge in [-0.3, -0.25) is 0 Å². The van der Waals surface area contributed by atoms with Crippen molar-refractivity contribution >= 4 is 35.3 Å². The molecule has 4 N–H and O–H groups in total. The molecule has 0 saturated heterocycles. The summed E-state index contributed by atoms with van der Waals surface area (Å²) < 4.78 is 21.0. The molecule has 7 rings (SSSR count). The zero-order valence-electron chi connectivity index (χ0n) is 25.3. The number of carbonyl (C=O) groups is 4. The molecule has 10 nitrogen and oxygen atoms in total. The number of cyclic esters (lactones) is 4. The molecule has 0 fully saturated rings. The number of hydrogen-bond donors (Lipinski definition) is 2. The van der Waals surface area contributed by atoms with E-state index in [-0.39, 0.29) is 27.7 Å². The van der Waals surface area contributed by atoms with Crippen LogP contribution < -0.4 is 20.9 Å². The van der Waals surface area contributed by atoms with Crippen LogP contribution in [-0.2, 0) is 14.9 Å². The Kier molecular flexibility index (Phi) is 7.92. The molecule has 0 bridgehead atoms. The first kappa shape index (κ1) is 30.6. The van der Waals surface area contributed by atoms with Crippen molar-refractivity contribution in [1.29, 1.82) is 0 Å². The van der Waals surface area contributed by atoms with Crippen LogP contribution in [-0.4, -0.2) is 23.9 Å². The first-order valence-electron chi connectivity index (χ1n) is 14.5. The van der Waals surface area contributed by atoms with Crippen LogP contribution in [0.4, 0.5) is 11.4 Å². The van der Waals surface area contributed by atoms with Crippen LogP contribution in [0.1, 0.15) is 66.4 Å². The van der Waals surface area contributed by atoms with Gasteiger partial charge < -0.3 is 30.4 Å². The Morgan fingerprint density at radius 3 is 1.19 bits per heavy atom. The summed E-state index contributed by atoms with van der Waals surface area (Å²) in [5, 5.41) is 0. The van der Waals surface area contributed by atoms with Crippen molar-refractivity contribution in [3.8, 4) is 23.0 Å². The number of hydrogen-bond acceptors (Lipinski definition) is 10. The summed E-state index contributed by atoms with van der Waals surface area (Å²) in [6.07, 6.45) is 0. The fourth-order valence-electron chi connectivity index (χ4n) is 5.13. The van der Waals surface area contributed by atoms with E-state index in [9.17, 15) is 19.2 Å². The minimum Gasteiger partial charge on any atom is -0.457 e. The normalized spacial score (nSPS) is 13.1. The maximum Gasteiger partial charge on any atom is 0.347 e. The molecule has 2 aliphatic rings. The molecular formula is C37H28N2O8. The highest BCUT2D eigenvalue weighted by Gasteiger charge is 2.31. The monoisotopic (exact) mass is 628 g/mol. The van der Waals surface area contributed by atoms with Crippen LogP contribution in [0, 0.1) is 0 Å². The predicted octanol–water partition coefficient (Wildman–Crippen LogP) is 7.07. The largest absolute Gasteiger partial charge is 0.457 e. The van der Waals surface area contributed by atoms with Gasteiger partial charge in [0.1, 0.15) is 23.0 Å². The Morgan fingerprint density at radius 2 is 0.830 bits per heavy atom. The summed E-state index contributed by atoms with van der Waals surface area (Å²) in [4.78, 5) is 46.9. The SMILES string of the molecule is CC(C)(c1ccc(Oc2ccc3c(c2)C(=O)OC3=O)cc1)c1ccc(Oc2ccc3c(c2)C(=O)OC3=O)cc1.Nc1cccc(N)c1. The Bertz CT molecular complexity index is 1910. The zero-order valence-corrected chi connectivity index (χ0v) is 25.3. The number of anilines is 2. The lowest BCUT2D eigenvalue weighted by Gasteiger charge is -2.26. The maximum atomic E-state index is 11.8. The second-order valence-corrected chi connectivity index (χ2v) is 11.3. The van der Waals surface area contributed by atoms with Gasteiger partial charge in [-0.1, -0.05) is 44.2 Å². The number of nitrogen functional groups attached to an aromatic ring is 2. The Balaban J connectivity index is 0.000000424. The number of fused-ring (bicyclic) bond motifs is 2. The van der Waals surface area contributed by atoms with Crippen LogP contribution in [0.25, 0.3) is 0 Å². The average Bonchev–Trinajstić information content (AvgIpc) is 3.49. The summed E-state index contributed by atoms with van der Waals surface area (Å²) in [6, 6.07) is 31.7.